The van der Waals surface area contributed by atoms with Crippen LogP contribution >= 0.6 is 0 Å². The van der Waals surface area contributed by atoms with Gasteiger partial charge >= 0.3 is 5.97 Å². The van der Waals surface area contributed by atoms with Crippen molar-refractivity contribution in [2.24, 2.45) is 0 Å². The lowest BCUT2D eigenvalue weighted by molar-refractivity contribution is 0.0696. The summed E-state index contributed by atoms with van der Waals surface area (Å²) in [6.45, 7) is 0.899. The summed E-state index contributed by atoms with van der Waals surface area (Å²) >= 11 is 0. The van der Waals surface area contributed by atoms with Crippen LogP contribution in [0.1, 0.15) is 32.1 Å². The Bertz CT molecular complexity index is 668. The van der Waals surface area contributed by atoms with Crippen LogP contribution in [-0.2, 0) is 13.0 Å². The molecule has 3 rings (SSSR count). The normalized spacial score (nSPS) is 13.9. The second-order valence-electron chi connectivity index (χ2n) is 4.50. The van der Waals surface area contributed by atoms with Crippen molar-refractivity contribution >= 4 is 11.9 Å². The first-order valence-corrected chi connectivity index (χ1v) is 6.03. The van der Waals surface area contributed by atoms with Crippen LogP contribution in [0.25, 0.3) is 0 Å². The van der Waals surface area contributed by atoms with E-state index in [0.29, 0.717) is 19.5 Å². The molecule has 0 fully saturated rings. The third kappa shape index (κ3) is 2.11. The second-order valence-corrected chi connectivity index (χ2v) is 4.50. The minimum Gasteiger partial charge on any atom is -0.478 e. The monoisotopic (exact) mass is 273 g/mol. The predicted molar refractivity (Wildman–Crippen MR) is 66.0 cm³/mol. The number of hydrogen-bond donors (Lipinski definition) is 2. The van der Waals surface area contributed by atoms with Gasteiger partial charge in [-0.05, 0) is 34.9 Å². The van der Waals surface area contributed by atoms with E-state index in [0.717, 1.165) is 11.1 Å². The number of carbonyl (C=O) groups excluding carboxylic acids is 1. The lowest BCUT2D eigenvalue weighted by Gasteiger charge is -2.28. The van der Waals surface area contributed by atoms with Crippen molar-refractivity contribution in [1.29, 1.82) is 0 Å². The average molecular weight is 273 g/mol. The number of aromatic carboxylic acids is 1. The van der Waals surface area contributed by atoms with Crippen molar-refractivity contribution in [3.63, 3.8) is 0 Å². The van der Waals surface area contributed by atoms with Crippen LogP contribution in [0.15, 0.2) is 18.2 Å². The van der Waals surface area contributed by atoms with E-state index in [4.69, 9.17) is 5.11 Å². The van der Waals surface area contributed by atoms with Crippen LogP contribution in [0.5, 0.6) is 0 Å². The molecule has 0 radical (unpaired) electrons. The SMILES string of the molecule is O=C(O)c1ccc2c(c1)CN(C(=O)c1nn[nH]n1)CC2. The largest absolute Gasteiger partial charge is 0.478 e. The minimum absolute atomic E-state index is 0.0165. The lowest BCUT2D eigenvalue weighted by Crippen LogP contribution is -2.36. The molecule has 0 unspecified atom stereocenters. The molecule has 1 amide bonds. The maximum atomic E-state index is 12.1. The van der Waals surface area contributed by atoms with Crippen LogP contribution in [0, 0.1) is 0 Å². The van der Waals surface area contributed by atoms with Gasteiger partial charge in [-0.2, -0.15) is 5.21 Å². The van der Waals surface area contributed by atoms with E-state index in [-0.39, 0.29) is 17.3 Å². The molecular weight excluding hydrogens is 262 g/mol. The van der Waals surface area contributed by atoms with Crippen molar-refractivity contribution in [3.05, 3.63) is 40.7 Å². The summed E-state index contributed by atoms with van der Waals surface area (Å²) in [6.07, 6.45) is 0.679. The van der Waals surface area contributed by atoms with E-state index >= 15 is 0 Å². The molecule has 0 saturated heterocycles. The summed E-state index contributed by atoms with van der Waals surface area (Å²) in [4.78, 5) is 24.7. The standard InChI is InChI=1S/C12H11N5O3/c18-11(10-13-15-16-14-10)17-4-3-7-1-2-8(12(19)20)5-9(7)6-17/h1-2,5H,3-4,6H2,(H,19,20)(H,13,14,15,16). The maximum absolute atomic E-state index is 12.1. The Kier molecular flexibility index (Phi) is 2.90. The Hall–Kier alpha value is -2.77. The van der Waals surface area contributed by atoms with Crippen molar-refractivity contribution < 1.29 is 14.7 Å². The van der Waals surface area contributed by atoms with Gasteiger partial charge in [-0.25, -0.2) is 4.79 Å². The smallest absolute Gasteiger partial charge is 0.335 e. The van der Waals surface area contributed by atoms with Crippen molar-refractivity contribution in [2.75, 3.05) is 6.54 Å². The molecule has 0 saturated carbocycles. The van der Waals surface area contributed by atoms with Gasteiger partial charge in [0.15, 0.2) is 0 Å². The molecule has 0 aliphatic carbocycles. The fraction of sp³-hybridized carbons (Fsp3) is 0.250. The highest BCUT2D eigenvalue weighted by Gasteiger charge is 2.24. The summed E-state index contributed by atoms with van der Waals surface area (Å²) in [5.74, 6) is -1.28. The molecule has 0 bridgehead atoms. The highest BCUT2D eigenvalue weighted by atomic mass is 16.4. The molecule has 0 atom stereocenters. The summed E-state index contributed by atoms with van der Waals surface area (Å²) in [6, 6.07) is 4.99. The number of aromatic nitrogens is 4. The summed E-state index contributed by atoms with van der Waals surface area (Å²) in [7, 11) is 0. The van der Waals surface area contributed by atoms with E-state index in [1.54, 1.807) is 23.1 Å². The van der Waals surface area contributed by atoms with Gasteiger partial charge in [0, 0.05) is 13.1 Å². The summed E-state index contributed by atoms with van der Waals surface area (Å²) in [5.41, 5.74) is 2.12. The Morgan fingerprint density at radius 1 is 1.30 bits per heavy atom. The molecule has 2 aromatic rings. The van der Waals surface area contributed by atoms with Gasteiger partial charge in [0.05, 0.1) is 5.56 Å². The minimum atomic E-state index is -0.977. The average Bonchev–Trinajstić information content (AvgIpc) is 2.99. The quantitative estimate of drug-likeness (QED) is 0.802. The van der Waals surface area contributed by atoms with E-state index in [1.165, 1.54) is 0 Å². The molecule has 102 valence electrons. The van der Waals surface area contributed by atoms with Gasteiger partial charge in [0.1, 0.15) is 0 Å². The number of carboxylic acid groups (broad SMARTS) is 1. The molecule has 2 heterocycles. The maximum Gasteiger partial charge on any atom is 0.335 e. The van der Waals surface area contributed by atoms with Crippen LogP contribution in [0.3, 0.4) is 0 Å². The number of H-pyrrole nitrogens is 1. The van der Waals surface area contributed by atoms with Crippen LogP contribution in [0.4, 0.5) is 0 Å². The van der Waals surface area contributed by atoms with E-state index in [9.17, 15) is 9.59 Å². The zero-order chi connectivity index (χ0) is 14.1. The number of hydrogen-bond acceptors (Lipinski definition) is 5. The molecular formula is C12H11N5O3. The first kappa shape index (κ1) is 12.3. The first-order valence-electron chi connectivity index (χ1n) is 6.03. The first-order chi connectivity index (χ1) is 9.65. The van der Waals surface area contributed by atoms with Gasteiger partial charge in [-0.1, -0.05) is 6.07 Å². The third-order valence-electron chi connectivity index (χ3n) is 3.29. The predicted octanol–water partition coefficient (Wildman–Crippen LogP) is 0.0964. The molecule has 0 spiro atoms. The van der Waals surface area contributed by atoms with E-state index in [1.807, 2.05) is 0 Å². The number of nitrogens with zero attached hydrogens (tertiary/aromatic N) is 4. The Labute approximate surface area is 113 Å². The number of rotatable bonds is 2. The molecule has 20 heavy (non-hydrogen) atoms. The number of amides is 1. The fourth-order valence-electron chi connectivity index (χ4n) is 2.26. The van der Waals surface area contributed by atoms with Gasteiger partial charge in [0.25, 0.3) is 11.7 Å². The van der Waals surface area contributed by atoms with Crippen LogP contribution in [-0.4, -0.2) is 49.1 Å². The molecule has 1 aliphatic heterocycles. The number of nitrogens with one attached hydrogen (secondary N) is 1. The molecule has 2 N–H and O–H groups in total. The highest BCUT2D eigenvalue weighted by molar-refractivity contribution is 5.90. The Morgan fingerprint density at radius 2 is 2.15 bits per heavy atom. The molecule has 1 aromatic heterocycles. The van der Waals surface area contributed by atoms with Gasteiger partial charge in [-0.15, -0.1) is 10.2 Å². The summed E-state index contributed by atoms with van der Waals surface area (Å²) in [5, 5.41) is 21.9. The number of carboxylic acids is 1. The lowest BCUT2D eigenvalue weighted by atomic mass is 9.97. The molecule has 1 aliphatic rings. The second kappa shape index (κ2) is 4.72. The Morgan fingerprint density at radius 3 is 2.85 bits per heavy atom. The van der Waals surface area contributed by atoms with Gasteiger partial charge < -0.3 is 10.0 Å². The highest BCUT2D eigenvalue weighted by Crippen LogP contribution is 2.21. The number of benzene rings is 1. The van der Waals surface area contributed by atoms with Gasteiger partial charge in [-0.3, -0.25) is 4.79 Å². The third-order valence-corrected chi connectivity index (χ3v) is 3.29. The zero-order valence-corrected chi connectivity index (χ0v) is 10.4. The Balaban J connectivity index is 1.85. The van der Waals surface area contributed by atoms with E-state index < -0.39 is 5.97 Å². The summed E-state index contributed by atoms with van der Waals surface area (Å²) < 4.78 is 0. The van der Waals surface area contributed by atoms with Crippen LogP contribution in [0.2, 0.25) is 0 Å². The number of tetrazole rings is 1. The molecule has 8 heteroatoms. The topological polar surface area (TPSA) is 112 Å². The van der Waals surface area contributed by atoms with E-state index in [2.05, 4.69) is 20.6 Å². The van der Waals surface area contributed by atoms with Gasteiger partial charge in [0.2, 0.25) is 0 Å². The number of aromatic amines is 1. The number of fused-ring (bicyclic) bond motifs is 1. The molecule has 8 nitrogen and oxygen atoms in total. The number of carbonyl (C=O) groups is 2. The van der Waals surface area contributed by atoms with Crippen molar-refractivity contribution in [2.45, 2.75) is 13.0 Å². The van der Waals surface area contributed by atoms with Crippen molar-refractivity contribution in [3.8, 4) is 0 Å². The molecule has 1 aromatic carbocycles. The zero-order valence-electron chi connectivity index (χ0n) is 10.4. The van der Waals surface area contributed by atoms with Crippen LogP contribution < -0.4 is 0 Å². The van der Waals surface area contributed by atoms with Crippen molar-refractivity contribution in [1.82, 2.24) is 25.5 Å². The fourth-order valence-corrected chi connectivity index (χ4v) is 2.26.